The first-order valence-corrected chi connectivity index (χ1v) is 7.21. The standard InChI is InChI=1S/C15H18ClN3O2/c1-2-6-19-15(21)14(16)13(9-18-19)17-8-11-4-3-5-12(7-11)10-20/h3-5,7,9,17,20H,2,6,8,10H2,1H3. The first kappa shape index (κ1) is 15.5. The number of hydrogen-bond donors (Lipinski definition) is 2. The second kappa shape index (κ2) is 7.24. The highest BCUT2D eigenvalue weighted by Crippen LogP contribution is 2.17. The molecule has 0 aliphatic heterocycles. The first-order chi connectivity index (χ1) is 10.2. The van der Waals surface area contributed by atoms with E-state index in [2.05, 4.69) is 10.4 Å². The molecule has 1 aromatic heterocycles. The molecule has 0 bridgehead atoms. The van der Waals surface area contributed by atoms with Crippen LogP contribution < -0.4 is 10.9 Å². The lowest BCUT2D eigenvalue weighted by Crippen LogP contribution is -2.24. The summed E-state index contributed by atoms with van der Waals surface area (Å²) in [6, 6.07) is 7.56. The number of anilines is 1. The molecule has 21 heavy (non-hydrogen) atoms. The van der Waals surface area contributed by atoms with Gasteiger partial charge in [-0.3, -0.25) is 4.79 Å². The molecule has 2 rings (SSSR count). The molecule has 0 aliphatic carbocycles. The maximum absolute atomic E-state index is 12.0. The van der Waals surface area contributed by atoms with Gasteiger partial charge < -0.3 is 10.4 Å². The van der Waals surface area contributed by atoms with Gasteiger partial charge in [-0.1, -0.05) is 42.8 Å². The van der Waals surface area contributed by atoms with Crippen molar-refractivity contribution in [3.63, 3.8) is 0 Å². The lowest BCUT2D eigenvalue weighted by atomic mass is 10.1. The van der Waals surface area contributed by atoms with Crippen molar-refractivity contribution in [2.75, 3.05) is 5.32 Å². The molecule has 0 unspecified atom stereocenters. The smallest absolute Gasteiger partial charge is 0.287 e. The predicted molar refractivity (Wildman–Crippen MR) is 83.5 cm³/mol. The molecule has 0 saturated heterocycles. The number of nitrogens with zero attached hydrogens (tertiary/aromatic N) is 2. The summed E-state index contributed by atoms with van der Waals surface area (Å²) in [5, 5.41) is 16.5. The first-order valence-electron chi connectivity index (χ1n) is 6.84. The summed E-state index contributed by atoms with van der Waals surface area (Å²) in [5.41, 5.74) is 2.07. The maximum Gasteiger partial charge on any atom is 0.287 e. The molecule has 1 aromatic carbocycles. The minimum absolute atomic E-state index is 0.00319. The van der Waals surface area contributed by atoms with E-state index in [1.165, 1.54) is 4.68 Å². The Bertz CT molecular complexity index is 670. The Kier molecular flexibility index (Phi) is 5.36. The molecule has 6 heteroatoms. The normalized spacial score (nSPS) is 10.6. The number of halogens is 1. The molecule has 2 N–H and O–H groups in total. The van der Waals surface area contributed by atoms with Crippen molar-refractivity contribution in [1.82, 2.24) is 9.78 Å². The largest absolute Gasteiger partial charge is 0.392 e. The third kappa shape index (κ3) is 3.83. The zero-order valence-corrected chi connectivity index (χ0v) is 12.6. The number of aromatic nitrogens is 2. The molecule has 0 radical (unpaired) electrons. The molecule has 0 atom stereocenters. The fourth-order valence-electron chi connectivity index (χ4n) is 1.99. The van der Waals surface area contributed by atoms with Gasteiger partial charge in [-0.2, -0.15) is 5.10 Å². The van der Waals surface area contributed by atoms with Crippen LogP contribution in [0.2, 0.25) is 5.02 Å². The van der Waals surface area contributed by atoms with Gasteiger partial charge in [0.25, 0.3) is 5.56 Å². The molecule has 2 aromatic rings. The van der Waals surface area contributed by atoms with Crippen LogP contribution >= 0.6 is 11.6 Å². The zero-order valence-electron chi connectivity index (χ0n) is 11.8. The van der Waals surface area contributed by atoms with Crippen molar-refractivity contribution in [1.29, 1.82) is 0 Å². The highest BCUT2D eigenvalue weighted by Gasteiger charge is 2.08. The Hall–Kier alpha value is -1.85. The fourth-order valence-corrected chi connectivity index (χ4v) is 2.21. The number of nitrogens with one attached hydrogen (secondary N) is 1. The van der Waals surface area contributed by atoms with E-state index in [0.717, 1.165) is 17.5 Å². The number of rotatable bonds is 6. The zero-order chi connectivity index (χ0) is 15.2. The van der Waals surface area contributed by atoms with E-state index in [4.69, 9.17) is 16.7 Å². The van der Waals surface area contributed by atoms with Crippen LogP contribution in [0, 0.1) is 0 Å². The molecule has 0 fully saturated rings. The summed E-state index contributed by atoms with van der Waals surface area (Å²) in [4.78, 5) is 12.0. The Labute approximate surface area is 128 Å². The van der Waals surface area contributed by atoms with Gasteiger partial charge >= 0.3 is 0 Å². The van der Waals surface area contributed by atoms with Crippen LogP contribution in [0.25, 0.3) is 0 Å². The summed E-state index contributed by atoms with van der Waals surface area (Å²) >= 11 is 6.08. The van der Waals surface area contributed by atoms with E-state index in [1.807, 2.05) is 31.2 Å². The van der Waals surface area contributed by atoms with Gasteiger partial charge in [-0.25, -0.2) is 4.68 Å². The minimum atomic E-state index is -0.285. The predicted octanol–water partition coefficient (Wildman–Crippen LogP) is 2.41. The lowest BCUT2D eigenvalue weighted by molar-refractivity contribution is 0.281. The third-order valence-electron chi connectivity index (χ3n) is 3.08. The van der Waals surface area contributed by atoms with Crippen LogP contribution in [0.4, 0.5) is 5.69 Å². The molecule has 0 spiro atoms. The summed E-state index contributed by atoms with van der Waals surface area (Å²) in [5.74, 6) is 0. The Balaban J connectivity index is 2.13. The Morgan fingerprint density at radius 2 is 2.14 bits per heavy atom. The molecule has 5 nitrogen and oxygen atoms in total. The number of hydrogen-bond acceptors (Lipinski definition) is 4. The van der Waals surface area contributed by atoms with Crippen LogP contribution in [0.3, 0.4) is 0 Å². The molecule has 0 saturated carbocycles. The summed E-state index contributed by atoms with van der Waals surface area (Å²) < 4.78 is 1.36. The van der Waals surface area contributed by atoms with Crippen molar-refractivity contribution in [2.24, 2.45) is 0 Å². The van der Waals surface area contributed by atoms with Crippen LogP contribution in [-0.4, -0.2) is 14.9 Å². The van der Waals surface area contributed by atoms with Gasteiger partial charge in [0, 0.05) is 13.1 Å². The van der Waals surface area contributed by atoms with Crippen LogP contribution in [0.15, 0.2) is 35.3 Å². The van der Waals surface area contributed by atoms with E-state index in [0.29, 0.717) is 18.8 Å². The average Bonchev–Trinajstić information content (AvgIpc) is 2.51. The SMILES string of the molecule is CCCn1ncc(NCc2cccc(CO)c2)c(Cl)c1=O. The Morgan fingerprint density at radius 1 is 1.38 bits per heavy atom. The quantitative estimate of drug-likeness (QED) is 0.860. The third-order valence-corrected chi connectivity index (χ3v) is 3.44. The molecular formula is C15H18ClN3O2. The number of benzene rings is 1. The number of aliphatic hydroxyl groups is 1. The van der Waals surface area contributed by atoms with E-state index in [1.54, 1.807) is 6.20 Å². The van der Waals surface area contributed by atoms with E-state index in [9.17, 15) is 4.79 Å². The summed E-state index contributed by atoms with van der Waals surface area (Å²) in [6.07, 6.45) is 2.39. The van der Waals surface area contributed by atoms with Crippen LogP contribution in [0.5, 0.6) is 0 Å². The number of aryl methyl sites for hydroxylation is 1. The summed E-state index contributed by atoms with van der Waals surface area (Å²) in [6.45, 7) is 3.04. The van der Waals surface area contributed by atoms with Crippen molar-refractivity contribution in [3.05, 3.63) is 57.0 Å². The highest BCUT2D eigenvalue weighted by atomic mass is 35.5. The number of aliphatic hydroxyl groups excluding tert-OH is 1. The van der Waals surface area contributed by atoms with Crippen LogP contribution in [-0.2, 0) is 19.7 Å². The highest BCUT2D eigenvalue weighted by molar-refractivity contribution is 6.32. The molecule has 112 valence electrons. The van der Waals surface area contributed by atoms with Crippen molar-refractivity contribution in [2.45, 2.75) is 33.0 Å². The van der Waals surface area contributed by atoms with Crippen LogP contribution in [0.1, 0.15) is 24.5 Å². The molecule has 0 aliphatic rings. The van der Waals surface area contributed by atoms with Crippen molar-refractivity contribution >= 4 is 17.3 Å². The maximum atomic E-state index is 12.0. The van der Waals surface area contributed by atoms with E-state index in [-0.39, 0.29) is 17.2 Å². The average molecular weight is 308 g/mol. The van der Waals surface area contributed by atoms with Gasteiger partial charge in [0.1, 0.15) is 5.02 Å². The van der Waals surface area contributed by atoms with Gasteiger partial charge in [-0.15, -0.1) is 0 Å². The molecule has 1 heterocycles. The van der Waals surface area contributed by atoms with Gasteiger partial charge in [0.05, 0.1) is 18.5 Å². The topological polar surface area (TPSA) is 67.2 Å². The molecular weight excluding hydrogens is 290 g/mol. The van der Waals surface area contributed by atoms with E-state index < -0.39 is 0 Å². The van der Waals surface area contributed by atoms with Gasteiger partial charge in [0.15, 0.2) is 0 Å². The van der Waals surface area contributed by atoms with Gasteiger partial charge in [-0.05, 0) is 17.5 Å². The second-order valence-electron chi connectivity index (χ2n) is 4.73. The molecule has 0 amide bonds. The van der Waals surface area contributed by atoms with E-state index >= 15 is 0 Å². The fraction of sp³-hybridized carbons (Fsp3) is 0.333. The lowest BCUT2D eigenvalue weighted by Gasteiger charge is -2.10. The summed E-state index contributed by atoms with van der Waals surface area (Å²) in [7, 11) is 0. The minimum Gasteiger partial charge on any atom is -0.392 e. The Morgan fingerprint density at radius 3 is 2.86 bits per heavy atom. The van der Waals surface area contributed by atoms with Crippen molar-refractivity contribution < 1.29 is 5.11 Å². The second-order valence-corrected chi connectivity index (χ2v) is 5.11. The van der Waals surface area contributed by atoms with Crippen molar-refractivity contribution in [3.8, 4) is 0 Å². The van der Waals surface area contributed by atoms with Gasteiger partial charge in [0.2, 0.25) is 0 Å². The monoisotopic (exact) mass is 307 g/mol.